The van der Waals surface area contributed by atoms with E-state index in [4.69, 9.17) is 10.5 Å². The molecule has 0 fully saturated rings. The van der Waals surface area contributed by atoms with Gasteiger partial charge in [-0.25, -0.2) is 0 Å². The molecule has 2 aromatic rings. The molecule has 1 aromatic carbocycles. The Morgan fingerprint density at radius 3 is 2.88 bits per heavy atom. The minimum absolute atomic E-state index is 0.468. The quantitative estimate of drug-likeness (QED) is 0.799. The van der Waals surface area contributed by atoms with Crippen molar-refractivity contribution in [1.82, 2.24) is 4.98 Å². The number of rotatable bonds is 3. The highest BCUT2D eigenvalue weighted by Crippen LogP contribution is 2.16. The lowest BCUT2D eigenvalue weighted by Crippen LogP contribution is -2.00. The number of nitrogens with two attached hydrogens (primary N) is 1. The molecule has 0 spiro atoms. The molecule has 0 aliphatic heterocycles. The molecule has 0 unspecified atom stereocenters. The number of benzene rings is 1. The fourth-order valence-electron chi connectivity index (χ4n) is 1.43. The lowest BCUT2D eigenvalue weighted by Gasteiger charge is -2.07. The highest BCUT2D eigenvalue weighted by Gasteiger charge is 2.00. The molecule has 3 nitrogen and oxygen atoms in total. The van der Waals surface area contributed by atoms with Gasteiger partial charge in [-0.1, -0.05) is 12.1 Å². The fraction of sp³-hybridized carbons (Fsp3) is 0.154. The molecule has 0 saturated heterocycles. The number of ether oxygens (including phenoxy) is 1. The lowest BCUT2D eigenvalue weighted by atomic mass is 10.2. The van der Waals surface area contributed by atoms with E-state index in [1.54, 1.807) is 12.3 Å². The van der Waals surface area contributed by atoms with Crippen molar-refractivity contribution >= 4 is 5.69 Å². The van der Waals surface area contributed by atoms with Crippen molar-refractivity contribution < 1.29 is 4.74 Å². The molecule has 2 rings (SSSR count). The third-order valence-corrected chi connectivity index (χ3v) is 2.35. The predicted molar refractivity (Wildman–Crippen MR) is 64.2 cm³/mol. The number of pyridine rings is 1. The Labute approximate surface area is 94.9 Å². The summed E-state index contributed by atoms with van der Waals surface area (Å²) in [5.41, 5.74) is 8.45. The van der Waals surface area contributed by atoms with Gasteiger partial charge in [-0.3, -0.25) is 4.98 Å². The summed E-state index contributed by atoms with van der Waals surface area (Å²) in [5, 5.41) is 0. The van der Waals surface area contributed by atoms with Crippen LogP contribution >= 0.6 is 0 Å². The zero-order valence-corrected chi connectivity index (χ0v) is 9.18. The van der Waals surface area contributed by atoms with Gasteiger partial charge in [0.05, 0.1) is 5.69 Å². The van der Waals surface area contributed by atoms with Crippen molar-refractivity contribution in [3.63, 3.8) is 0 Å². The SMILES string of the molecule is Cc1cccnc1COc1cccc(N)c1. The first-order valence-corrected chi connectivity index (χ1v) is 5.14. The minimum atomic E-state index is 0.468. The Kier molecular flexibility index (Phi) is 3.05. The number of aromatic nitrogens is 1. The zero-order chi connectivity index (χ0) is 11.4. The topological polar surface area (TPSA) is 48.1 Å². The van der Waals surface area contributed by atoms with E-state index in [2.05, 4.69) is 4.98 Å². The van der Waals surface area contributed by atoms with Gasteiger partial charge in [-0.15, -0.1) is 0 Å². The van der Waals surface area contributed by atoms with E-state index in [1.165, 1.54) is 0 Å². The first kappa shape index (κ1) is 10.5. The van der Waals surface area contributed by atoms with Gasteiger partial charge in [0.2, 0.25) is 0 Å². The molecule has 1 aromatic heterocycles. The van der Waals surface area contributed by atoms with Gasteiger partial charge in [-0.2, -0.15) is 0 Å². The molecule has 1 heterocycles. The van der Waals surface area contributed by atoms with E-state index in [0.717, 1.165) is 17.0 Å². The van der Waals surface area contributed by atoms with Crippen molar-refractivity contribution in [3.8, 4) is 5.75 Å². The highest BCUT2D eigenvalue weighted by molar-refractivity contribution is 5.43. The Morgan fingerprint density at radius 2 is 2.12 bits per heavy atom. The second-order valence-electron chi connectivity index (χ2n) is 3.63. The second-order valence-corrected chi connectivity index (χ2v) is 3.63. The number of anilines is 1. The summed E-state index contributed by atoms with van der Waals surface area (Å²) in [5.74, 6) is 0.769. The van der Waals surface area contributed by atoms with Gasteiger partial charge in [-0.05, 0) is 30.7 Å². The van der Waals surface area contributed by atoms with E-state index in [9.17, 15) is 0 Å². The summed E-state index contributed by atoms with van der Waals surface area (Å²) >= 11 is 0. The molecular weight excluding hydrogens is 200 g/mol. The van der Waals surface area contributed by atoms with Crippen molar-refractivity contribution in [1.29, 1.82) is 0 Å². The summed E-state index contributed by atoms with van der Waals surface area (Å²) in [7, 11) is 0. The molecule has 2 N–H and O–H groups in total. The minimum Gasteiger partial charge on any atom is -0.487 e. The number of nitrogen functional groups attached to an aromatic ring is 1. The maximum absolute atomic E-state index is 5.66. The molecule has 0 radical (unpaired) electrons. The van der Waals surface area contributed by atoms with Gasteiger partial charge >= 0.3 is 0 Å². The smallest absolute Gasteiger partial charge is 0.130 e. The molecule has 0 atom stereocenters. The summed E-state index contributed by atoms with van der Waals surface area (Å²) in [6.07, 6.45) is 1.77. The Morgan fingerprint density at radius 1 is 1.25 bits per heavy atom. The molecular formula is C13H14N2O. The van der Waals surface area contributed by atoms with Gasteiger partial charge < -0.3 is 10.5 Å². The second kappa shape index (κ2) is 4.66. The van der Waals surface area contributed by atoms with Crippen LogP contribution in [0.2, 0.25) is 0 Å². The van der Waals surface area contributed by atoms with Crippen LogP contribution in [-0.2, 0) is 6.61 Å². The first-order valence-electron chi connectivity index (χ1n) is 5.14. The van der Waals surface area contributed by atoms with E-state index in [0.29, 0.717) is 12.3 Å². The fourth-order valence-corrected chi connectivity index (χ4v) is 1.43. The van der Waals surface area contributed by atoms with E-state index < -0.39 is 0 Å². The molecule has 3 heteroatoms. The molecule has 0 aliphatic rings. The maximum atomic E-state index is 5.66. The predicted octanol–water partition coefficient (Wildman–Crippen LogP) is 2.55. The van der Waals surface area contributed by atoms with Crippen LogP contribution < -0.4 is 10.5 Å². The van der Waals surface area contributed by atoms with Crippen LogP contribution in [0.25, 0.3) is 0 Å². The zero-order valence-electron chi connectivity index (χ0n) is 9.18. The van der Waals surface area contributed by atoms with Gasteiger partial charge in [0, 0.05) is 18.0 Å². The largest absolute Gasteiger partial charge is 0.487 e. The third-order valence-electron chi connectivity index (χ3n) is 2.35. The number of hydrogen-bond donors (Lipinski definition) is 1. The average Bonchev–Trinajstić information content (AvgIpc) is 2.28. The van der Waals surface area contributed by atoms with E-state index in [1.807, 2.05) is 37.3 Å². The summed E-state index contributed by atoms with van der Waals surface area (Å²) in [6, 6.07) is 11.3. The molecule has 82 valence electrons. The molecule has 0 aliphatic carbocycles. The van der Waals surface area contributed by atoms with Gasteiger partial charge in [0.15, 0.2) is 0 Å². The Balaban J connectivity index is 2.05. The van der Waals surface area contributed by atoms with Crippen LogP contribution in [0.15, 0.2) is 42.6 Å². The standard InChI is InChI=1S/C13H14N2O/c1-10-4-3-7-15-13(10)9-16-12-6-2-5-11(14)8-12/h2-8H,9,14H2,1H3. The maximum Gasteiger partial charge on any atom is 0.130 e. The number of aryl methyl sites for hydroxylation is 1. The third kappa shape index (κ3) is 2.51. The van der Waals surface area contributed by atoms with E-state index >= 15 is 0 Å². The number of nitrogens with zero attached hydrogens (tertiary/aromatic N) is 1. The van der Waals surface area contributed by atoms with Gasteiger partial charge in [0.1, 0.15) is 12.4 Å². The first-order chi connectivity index (χ1) is 7.75. The average molecular weight is 214 g/mol. The molecule has 0 saturated carbocycles. The van der Waals surface area contributed by atoms with Crippen LogP contribution in [0.4, 0.5) is 5.69 Å². The summed E-state index contributed by atoms with van der Waals surface area (Å²) < 4.78 is 5.61. The highest BCUT2D eigenvalue weighted by atomic mass is 16.5. The Bertz CT molecular complexity index is 483. The summed E-state index contributed by atoms with van der Waals surface area (Å²) in [6.45, 7) is 2.49. The van der Waals surface area contributed by atoms with Crippen LogP contribution in [0.3, 0.4) is 0 Å². The van der Waals surface area contributed by atoms with Crippen molar-refractivity contribution in [2.75, 3.05) is 5.73 Å². The van der Waals surface area contributed by atoms with Crippen LogP contribution in [0.1, 0.15) is 11.3 Å². The van der Waals surface area contributed by atoms with Crippen molar-refractivity contribution in [2.24, 2.45) is 0 Å². The lowest BCUT2D eigenvalue weighted by molar-refractivity contribution is 0.300. The number of hydrogen-bond acceptors (Lipinski definition) is 3. The van der Waals surface area contributed by atoms with Crippen LogP contribution in [-0.4, -0.2) is 4.98 Å². The van der Waals surface area contributed by atoms with Gasteiger partial charge in [0.25, 0.3) is 0 Å². The van der Waals surface area contributed by atoms with Crippen LogP contribution in [0.5, 0.6) is 5.75 Å². The molecule has 0 bridgehead atoms. The van der Waals surface area contributed by atoms with Crippen LogP contribution in [0, 0.1) is 6.92 Å². The molecule has 0 amide bonds. The Hall–Kier alpha value is -2.03. The van der Waals surface area contributed by atoms with Crippen molar-refractivity contribution in [2.45, 2.75) is 13.5 Å². The normalized spacial score (nSPS) is 10.1. The van der Waals surface area contributed by atoms with E-state index in [-0.39, 0.29) is 0 Å². The van der Waals surface area contributed by atoms with Crippen molar-refractivity contribution in [3.05, 3.63) is 53.9 Å². The summed E-state index contributed by atoms with van der Waals surface area (Å²) in [4.78, 5) is 4.26. The molecule has 16 heavy (non-hydrogen) atoms. The monoisotopic (exact) mass is 214 g/mol.